The maximum Gasteiger partial charge on any atom is 0.126 e. The van der Waals surface area contributed by atoms with E-state index in [9.17, 15) is 0 Å². The predicted molar refractivity (Wildman–Crippen MR) is 122 cm³/mol. The van der Waals surface area contributed by atoms with E-state index in [1.165, 1.54) is 11.1 Å². The minimum Gasteiger partial charge on any atom is -0.496 e. The number of methoxy groups -OCH3 is 1. The third-order valence-corrected chi connectivity index (χ3v) is 5.36. The van der Waals surface area contributed by atoms with E-state index in [0.717, 1.165) is 29.0 Å². The van der Waals surface area contributed by atoms with Gasteiger partial charge in [0.15, 0.2) is 0 Å². The molecule has 4 rings (SSSR count). The molecule has 150 valence electrons. The van der Waals surface area contributed by atoms with Crippen LogP contribution in [0.4, 0.5) is 0 Å². The fourth-order valence-corrected chi connectivity index (χ4v) is 3.81. The summed E-state index contributed by atoms with van der Waals surface area (Å²) >= 11 is 0. The molecule has 4 aromatic rings. The molecular formula is C28H26O2. The SMILES string of the molecule is COc1cccc(OCc2ccccc2)c1CC(c1ccccc1)c1ccccc1. The molecule has 4 aromatic carbocycles. The predicted octanol–water partition coefficient (Wildman–Crippen LogP) is 6.65. The molecule has 0 N–H and O–H groups in total. The zero-order valence-corrected chi connectivity index (χ0v) is 17.2. The molecule has 0 aliphatic heterocycles. The maximum absolute atomic E-state index is 6.26. The van der Waals surface area contributed by atoms with Crippen LogP contribution in [-0.2, 0) is 13.0 Å². The lowest BCUT2D eigenvalue weighted by Gasteiger charge is -2.22. The first-order valence-electron chi connectivity index (χ1n) is 10.3. The Labute approximate surface area is 178 Å². The molecule has 0 aromatic heterocycles. The second-order valence-corrected chi connectivity index (χ2v) is 7.29. The molecule has 0 heterocycles. The summed E-state index contributed by atoms with van der Waals surface area (Å²) in [5.74, 6) is 1.94. The van der Waals surface area contributed by atoms with Gasteiger partial charge in [-0.1, -0.05) is 97.1 Å². The van der Waals surface area contributed by atoms with Gasteiger partial charge in [-0.25, -0.2) is 0 Å². The lowest BCUT2D eigenvalue weighted by Crippen LogP contribution is -2.08. The first kappa shape index (κ1) is 19.8. The Balaban J connectivity index is 1.68. The van der Waals surface area contributed by atoms with E-state index < -0.39 is 0 Å². The summed E-state index contributed by atoms with van der Waals surface area (Å²) in [6.45, 7) is 0.530. The highest BCUT2D eigenvalue weighted by molar-refractivity contribution is 5.48. The van der Waals surface area contributed by atoms with Crippen LogP contribution in [0, 0.1) is 0 Å². The third-order valence-electron chi connectivity index (χ3n) is 5.36. The first-order valence-corrected chi connectivity index (χ1v) is 10.3. The van der Waals surface area contributed by atoms with Crippen LogP contribution >= 0.6 is 0 Å². The monoisotopic (exact) mass is 394 g/mol. The van der Waals surface area contributed by atoms with Gasteiger partial charge in [0.1, 0.15) is 18.1 Å². The summed E-state index contributed by atoms with van der Waals surface area (Å²) in [5.41, 5.74) is 4.80. The van der Waals surface area contributed by atoms with E-state index >= 15 is 0 Å². The van der Waals surface area contributed by atoms with Crippen molar-refractivity contribution in [1.82, 2.24) is 0 Å². The van der Waals surface area contributed by atoms with E-state index in [2.05, 4.69) is 72.8 Å². The normalized spacial score (nSPS) is 10.7. The Bertz CT molecular complexity index is 1000. The van der Waals surface area contributed by atoms with Gasteiger partial charge in [0, 0.05) is 11.5 Å². The van der Waals surface area contributed by atoms with Crippen molar-refractivity contribution in [1.29, 1.82) is 0 Å². The second kappa shape index (κ2) is 9.80. The summed E-state index contributed by atoms with van der Waals surface area (Å²) in [6, 6.07) is 37.6. The minimum absolute atomic E-state index is 0.211. The molecule has 2 heteroatoms. The number of ether oxygens (including phenoxy) is 2. The zero-order valence-electron chi connectivity index (χ0n) is 17.2. The molecule has 0 aliphatic carbocycles. The smallest absolute Gasteiger partial charge is 0.126 e. The molecule has 0 unspecified atom stereocenters. The molecule has 0 atom stereocenters. The van der Waals surface area contributed by atoms with Gasteiger partial charge in [-0.05, 0) is 35.2 Å². The number of rotatable bonds is 8. The second-order valence-electron chi connectivity index (χ2n) is 7.29. The van der Waals surface area contributed by atoms with Gasteiger partial charge < -0.3 is 9.47 Å². The molecule has 0 spiro atoms. The Morgan fingerprint density at radius 3 is 1.70 bits per heavy atom. The van der Waals surface area contributed by atoms with Gasteiger partial charge in [0.25, 0.3) is 0 Å². The van der Waals surface area contributed by atoms with Gasteiger partial charge in [-0.3, -0.25) is 0 Å². The lowest BCUT2D eigenvalue weighted by atomic mass is 9.85. The van der Waals surface area contributed by atoms with Gasteiger partial charge in [-0.15, -0.1) is 0 Å². The van der Waals surface area contributed by atoms with E-state index in [4.69, 9.17) is 9.47 Å². The molecule has 0 saturated carbocycles. The number of hydrogen-bond donors (Lipinski definition) is 0. The number of hydrogen-bond acceptors (Lipinski definition) is 2. The molecule has 0 fully saturated rings. The molecular weight excluding hydrogens is 368 g/mol. The summed E-state index contributed by atoms with van der Waals surface area (Å²) in [7, 11) is 1.72. The maximum atomic E-state index is 6.26. The molecule has 0 amide bonds. The Hall–Kier alpha value is -3.52. The van der Waals surface area contributed by atoms with E-state index in [0.29, 0.717) is 6.61 Å². The van der Waals surface area contributed by atoms with E-state index in [1.807, 2.05) is 36.4 Å². The first-order chi connectivity index (χ1) is 14.8. The van der Waals surface area contributed by atoms with Gasteiger partial charge >= 0.3 is 0 Å². The summed E-state index contributed by atoms with van der Waals surface area (Å²) in [4.78, 5) is 0. The highest BCUT2D eigenvalue weighted by atomic mass is 16.5. The summed E-state index contributed by atoms with van der Waals surface area (Å²) in [5, 5.41) is 0. The average Bonchev–Trinajstić information content (AvgIpc) is 2.83. The average molecular weight is 395 g/mol. The number of benzene rings is 4. The molecule has 0 aliphatic rings. The van der Waals surface area contributed by atoms with E-state index in [-0.39, 0.29) is 5.92 Å². The van der Waals surface area contributed by atoms with Gasteiger partial charge in [0.05, 0.1) is 7.11 Å². The third kappa shape index (κ3) is 4.72. The van der Waals surface area contributed by atoms with Crippen molar-refractivity contribution >= 4 is 0 Å². The molecule has 30 heavy (non-hydrogen) atoms. The topological polar surface area (TPSA) is 18.5 Å². The Morgan fingerprint density at radius 2 is 1.13 bits per heavy atom. The van der Waals surface area contributed by atoms with Crippen LogP contribution in [0.25, 0.3) is 0 Å². The van der Waals surface area contributed by atoms with Crippen LogP contribution < -0.4 is 9.47 Å². The molecule has 0 saturated heterocycles. The van der Waals surface area contributed by atoms with Crippen molar-refractivity contribution in [3.63, 3.8) is 0 Å². The van der Waals surface area contributed by atoms with Gasteiger partial charge in [0.2, 0.25) is 0 Å². The quantitative estimate of drug-likeness (QED) is 0.333. The van der Waals surface area contributed by atoms with Crippen molar-refractivity contribution in [2.24, 2.45) is 0 Å². The Morgan fingerprint density at radius 1 is 0.600 bits per heavy atom. The zero-order chi connectivity index (χ0) is 20.6. The highest BCUT2D eigenvalue weighted by Crippen LogP contribution is 2.36. The standard InChI is InChI=1S/C28H26O2/c1-29-27-18-11-19-28(30-21-22-12-5-2-6-13-22)26(27)20-25(23-14-7-3-8-15-23)24-16-9-4-10-17-24/h2-19,25H,20-21H2,1H3. The molecule has 2 nitrogen and oxygen atoms in total. The van der Waals surface area contributed by atoms with Gasteiger partial charge in [-0.2, -0.15) is 0 Å². The lowest BCUT2D eigenvalue weighted by molar-refractivity contribution is 0.299. The molecule has 0 bridgehead atoms. The van der Waals surface area contributed by atoms with Crippen LogP contribution in [0.3, 0.4) is 0 Å². The molecule has 0 radical (unpaired) electrons. The van der Waals surface area contributed by atoms with E-state index in [1.54, 1.807) is 7.11 Å². The van der Waals surface area contributed by atoms with Crippen molar-refractivity contribution in [2.45, 2.75) is 18.9 Å². The van der Waals surface area contributed by atoms with Crippen LogP contribution in [-0.4, -0.2) is 7.11 Å². The largest absolute Gasteiger partial charge is 0.496 e. The fourth-order valence-electron chi connectivity index (χ4n) is 3.81. The Kier molecular flexibility index (Phi) is 6.46. The van der Waals surface area contributed by atoms with Crippen LogP contribution in [0.2, 0.25) is 0 Å². The van der Waals surface area contributed by atoms with Crippen molar-refractivity contribution < 1.29 is 9.47 Å². The summed E-state index contributed by atoms with van der Waals surface area (Å²) < 4.78 is 12.0. The minimum atomic E-state index is 0.211. The van der Waals surface area contributed by atoms with Crippen molar-refractivity contribution in [3.05, 3.63) is 131 Å². The van der Waals surface area contributed by atoms with Crippen LogP contribution in [0.5, 0.6) is 11.5 Å². The van der Waals surface area contributed by atoms with Crippen molar-refractivity contribution in [3.8, 4) is 11.5 Å². The summed E-state index contributed by atoms with van der Waals surface area (Å²) in [6.07, 6.45) is 0.794. The van der Waals surface area contributed by atoms with Crippen LogP contribution in [0.1, 0.15) is 28.2 Å². The van der Waals surface area contributed by atoms with Crippen molar-refractivity contribution in [2.75, 3.05) is 7.11 Å². The fraction of sp³-hybridized carbons (Fsp3) is 0.143. The highest BCUT2D eigenvalue weighted by Gasteiger charge is 2.20. The van der Waals surface area contributed by atoms with Crippen LogP contribution in [0.15, 0.2) is 109 Å².